The summed E-state index contributed by atoms with van der Waals surface area (Å²) >= 11 is 0. The fourth-order valence-corrected chi connectivity index (χ4v) is 7.95. The molecule has 0 amide bonds. The average molecular weight is 366 g/mol. The number of hydrogen-bond acceptors (Lipinski definition) is 5. The number of ketones is 1. The van der Waals surface area contributed by atoms with Crippen molar-refractivity contribution in [1.82, 2.24) is 0 Å². The van der Waals surface area contributed by atoms with Gasteiger partial charge in [-0.2, -0.15) is 0 Å². The van der Waals surface area contributed by atoms with Crippen LogP contribution in [-0.4, -0.2) is 50.6 Å². The summed E-state index contributed by atoms with van der Waals surface area (Å²) in [4.78, 5) is 12.4. The van der Waals surface area contributed by atoms with Crippen molar-refractivity contribution in [2.75, 3.05) is 6.61 Å². The second-order valence-corrected chi connectivity index (χ2v) is 10.2. The molecular weight excluding hydrogens is 332 g/mol. The van der Waals surface area contributed by atoms with E-state index in [-0.39, 0.29) is 23.4 Å². The molecule has 4 saturated carbocycles. The lowest BCUT2D eigenvalue weighted by Gasteiger charge is -2.62. The topological polar surface area (TPSA) is 98.0 Å². The zero-order valence-electron chi connectivity index (χ0n) is 16.0. The summed E-state index contributed by atoms with van der Waals surface area (Å²) in [6.45, 7) is 3.61. The monoisotopic (exact) mass is 366 g/mol. The second-order valence-electron chi connectivity index (χ2n) is 10.2. The van der Waals surface area contributed by atoms with Gasteiger partial charge in [0.15, 0.2) is 5.78 Å². The summed E-state index contributed by atoms with van der Waals surface area (Å²) in [6, 6.07) is 0. The Bertz CT molecular complexity index is 593. The first-order chi connectivity index (χ1) is 12.2. The molecule has 4 aliphatic carbocycles. The molecule has 0 aromatic heterocycles. The Labute approximate surface area is 155 Å². The van der Waals surface area contributed by atoms with Crippen LogP contribution in [0.3, 0.4) is 0 Å². The normalized spacial score (nSPS) is 56.4. The van der Waals surface area contributed by atoms with E-state index in [2.05, 4.69) is 6.92 Å². The molecule has 0 radical (unpaired) electrons. The minimum absolute atomic E-state index is 0.0323. The van der Waals surface area contributed by atoms with Gasteiger partial charge in [0, 0.05) is 5.41 Å². The summed E-state index contributed by atoms with van der Waals surface area (Å²) in [7, 11) is 0. The van der Waals surface area contributed by atoms with Gasteiger partial charge in [0.1, 0.15) is 12.2 Å². The van der Waals surface area contributed by atoms with Crippen molar-refractivity contribution in [2.45, 2.75) is 83.0 Å². The number of fused-ring (bicyclic) bond motifs is 5. The predicted octanol–water partition coefficient (Wildman–Crippen LogP) is 1.65. The molecule has 5 nitrogen and oxygen atoms in total. The Hall–Kier alpha value is -0.490. The molecule has 0 aromatic rings. The molecule has 0 saturated heterocycles. The molecule has 0 unspecified atom stereocenters. The lowest BCUT2D eigenvalue weighted by molar-refractivity contribution is -0.202. The van der Waals surface area contributed by atoms with Crippen molar-refractivity contribution in [1.29, 1.82) is 0 Å². The largest absolute Gasteiger partial charge is 0.393 e. The first-order valence-corrected chi connectivity index (χ1v) is 10.4. The van der Waals surface area contributed by atoms with E-state index in [0.717, 1.165) is 38.5 Å². The number of carbonyl (C=O) groups excluding carboxylic acids is 1. The number of aliphatic hydroxyl groups is 4. The van der Waals surface area contributed by atoms with E-state index in [1.165, 1.54) is 0 Å². The highest BCUT2D eigenvalue weighted by Gasteiger charge is 2.68. The summed E-state index contributed by atoms with van der Waals surface area (Å²) in [5.74, 6) is 0.653. The highest BCUT2D eigenvalue weighted by atomic mass is 16.3. The zero-order chi connectivity index (χ0) is 18.9. The molecule has 4 aliphatic rings. The molecule has 26 heavy (non-hydrogen) atoms. The van der Waals surface area contributed by atoms with Crippen LogP contribution in [0.25, 0.3) is 0 Å². The summed E-state index contributed by atoms with van der Waals surface area (Å²) < 4.78 is 0. The third kappa shape index (κ3) is 2.27. The Kier molecular flexibility index (Phi) is 4.35. The number of carbonyl (C=O) groups is 1. The van der Waals surface area contributed by atoms with Gasteiger partial charge >= 0.3 is 0 Å². The third-order valence-electron chi connectivity index (χ3n) is 9.33. The summed E-state index contributed by atoms with van der Waals surface area (Å²) in [5, 5.41) is 41.9. The summed E-state index contributed by atoms with van der Waals surface area (Å²) in [6.07, 6.45) is 5.48. The van der Waals surface area contributed by atoms with E-state index in [1.54, 1.807) is 0 Å². The van der Waals surface area contributed by atoms with Gasteiger partial charge in [0.25, 0.3) is 0 Å². The lowest BCUT2D eigenvalue weighted by atomic mass is 9.43. The maximum Gasteiger partial charge on any atom is 0.190 e. The first kappa shape index (κ1) is 18.9. The van der Waals surface area contributed by atoms with Crippen LogP contribution in [0, 0.1) is 34.5 Å². The van der Waals surface area contributed by atoms with Gasteiger partial charge in [-0.25, -0.2) is 0 Å². The van der Waals surface area contributed by atoms with Gasteiger partial charge in [0.2, 0.25) is 0 Å². The van der Waals surface area contributed by atoms with Crippen LogP contribution in [0.2, 0.25) is 0 Å². The smallest absolute Gasteiger partial charge is 0.190 e. The Balaban J connectivity index is 1.69. The molecule has 0 aliphatic heterocycles. The molecule has 148 valence electrons. The molecule has 5 heteroatoms. The minimum Gasteiger partial charge on any atom is -0.393 e. The van der Waals surface area contributed by atoms with Crippen LogP contribution in [-0.2, 0) is 4.79 Å². The van der Waals surface area contributed by atoms with E-state index in [0.29, 0.717) is 24.7 Å². The SMILES string of the molecule is C[C@]12CC[C@H](O)C[C@H]1CC[C@@H]1[C@@H]2[C@@H](O)C[C@@]2(C)[C@H]1CC[C@]2(O)C(=O)CO. The minimum atomic E-state index is -1.52. The van der Waals surface area contributed by atoms with Crippen LogP contribution in [0.4, 0.5) is 0 Å². The van der Waals surface area contributed by atoms with Crippen LogP contribution in [0.1, 0.15) is 65.2 Å². The van der Waals surface area contributed by atoms with Crippen molar-refractivity contribution < 1.29 is 25.2 Å². The van der Waals surface area contributed by atoms with E-state index in [1.807, 2.05) is 6.92 Å². The second kappa shape index (κ2) is 6.00. The molecule has 4 rings (SSSR count). The molecule has 0 bridgehead atoms. The van der Waals surface area contributed by atoms with Crippen LogP contribution in [0.15, 0.2) is 0 Å². The van der Waals surface area contributed by atoms with Gasteiger partial charge in [-0.3, -0.25) is 4.79 Å². The van der Waals surface area contributed by atoms with E-state index < -0.39 is 29.5 Å². The van der Waals surface area contributed by atoms with E-state index in [4.69, 9.17) is 0 Å². The van der Waals surface area contributed by atoms with E-state index >= 15 is 0 Å². The molecule has 4 N–H and O–H groups in total. The fourth-order valence-electron chi connectivity index (χ4n) is 7.95. The number of Topliss-reactive ketones (excluding diaryl/α,β-unsaturated/α-hetero) is 1. The molecule has 0 heterocycles. The molecule has 0 spiro atoms. The number of hydrogen-bond donors (Lipinski definition) is 4. The van der Waals surface area contributed by atoms with Gasteiger partial charge in [-0.05, 0) is 80.5 Å². The lowest BCUT2D eigenvalue weighted by Crippen LogP contribution is -2.63. The van der Waals surface area contributed by atoms with Gasteiger partial charge in [-0.1, -0.05) is 13.8 Å². The fraction of sp³-hybridized carbons (Fsp3) is 0.952. The van der Waals surface area contributed by atoms with Crippen LogP contribution >= 0.6 is 0 Å². The van der Waals surface area contributed by atoms with Crippen molar-refractivity contribution >= 4 is 5.78 Å². The molecular formula is C21H34O5. The van der Waals surface area contributed by atoms with Gasteiger partial charge < -0.3 is 20.4 Å². The Morgan fingerprint density at radius 3 is 2.50 bits per heavy atom. The van der Waals surface area contributed by atoms with Crippen molar-refractivity contribution in [3.63, 3.8) is 0 Å². The third-order valence-corrected chi connectivity index (χ3v) is 9.33. The van der Waals surface area contributed by atoms with Gasteiger partial charge in [0.05, 0.1) is 12.2 Å². The number of rotatable bonds is 2. The molecule has 4 fully saturated rings. The zero-order valence-corrected chi connectivity index (χ0v) is 16.0. The highest BCUT2D eigenvalue weighted by Crippen LogP contribution is 2.68. The van der Waals surface area contributed by atoms with Crippen molar-refractivity contribution in [3.05, 3.63) is 0 Å². The van der Waals surface area contributed by atoms with Gasteiger partial charge in [-0.15, -0.1) is 0 Å². The Morgan fingerprint density at radius 2 is 1.81 bits per heavy atom. The summed E-state index contributed by atoms with van der Waals surface area (Å²) in [5.41, 5.74) is -2.14. The van der Waals surface area contributed by atoms with E-state index in [9.17, 15) is 25.2 Å². The Morgan fingerprint density at radius 1 is 1.08 bits per heavy atom. The quantitative estimate of drug-likeness (QED) is 0.596. The van der Waals surface area contributed by atoms with Crippen LogP contribution in [0.5, 0.6) is 0 Å². The average Bonchev–Trinajstić information content (AvgIpc) is 2.86. The highest BCUT2D eigenvalue weighted by molar-refractivity contribution is 5.89. The molecule has 9 atom stereocenters. The molecule has 0 aromatic carbocycles. The van der Waals surface area contributed by atoms with Crippen molar-refractivity contribution in [2.24, 2.45) is 34.5 Å². The maximum absolute atomic E-state index is 12.4. The number of aliphatic hydroxyl groups excluding tert-OH is 3. The van der Waals surface area contributed by atoms with Crippen LogP contribution < -0.4 is 0 Å². The maximum atomic E-state index is 12.4. The predicted molar refractivity (Wildman–Crippen MR) is 96.2 cm³/mol. The standard InChI is InChI=1S/C21H34O5/c1-19-7-5-13(23)9-12(19)3-4-14-15-6-8-21(26,17(25)11-22)20(15,2)10-16(24)18(14)19/h12-16,18,22-24,26H,3-11H2,1-2H3/t12-,13+,14+,15+,16+,18-,19+,20+,21+/m1/s1. The van der Waals surface area contributed by atoms with Crippen molar-refractivity contribution in [3.8, 4) is 0 Å². The first-order valence-electron chi connectivity index (χ1n) is 10.4.